The van der Waals surface area contributed by atoms with Crippen LogP contribution in [0.15, 0.2) is 0 Å². The summed E-state index contributed by atoms with van der Waals surface area (Å²) in [6, 6.07) is -0.274. The largest absolute Gasteiger partial charge is 0.481 e. The number of nitrogens with one attached hydrogen (secondary N) is 1. The maximum Gasteiger partial charge on any atom is 0.310 e. The topological polar surface area (TPSA) is 86.6 Å². The van der Waals surface area contributed by atoms with Crippen molar-refractivity contribution >= 4 is 11.9 Å². The van der Waals surface area contributed by atoms with Gasteiger partial charge >= 0.3 is 5.97 Å². The Kier molecular flexibility index (Phi) is 6.28. The van der Waals surface area contributed by atoms with Crippen LogP contribution < -0.4 is 5.32 Å². The first-order valence-corrected chi connectivity index (χ1v) is 7.17. The molecule has 0 aromatic carbocycles. The van der Waals surface area contributed by atoms with E-state index in [4.69, 9.17) is 5.11 Å². The molecule has 110 valence electrons. The molecule has 0 aliphatic heterocycles. The molecule has 19 heavy (non-hydrogen) atoms. The standard InChI is InChI=1S/C14H25NO4/c1-2-11(10-16)15-12(17)9-14(13(18)19)7-5-3-4-6-8-14/h11,16H,2-10H2,1H3,(H,15,17)(H,18,19). The molecule has 1 saturated carbocycles. The van der Waals surface area contributed by atoms with Crippen LogP contribution in [0.1, 0.15) is 58.3 Å². The first-order valence-electron chi connectivity index (χ1n) is 7.17. The van der Waals surface area contributed by atoms with Crippen molar-refractivity contribution in [2.75, 3.05) is 6.61 Å². The van der Waals surface area contributed by atoms with Crippen molar-refractivity contribution in [1.29, 1.82) is 0 Å². The summed E-state index contributed by atoms with van der Waals surface area (Å²) >= 11 is 0. The van der Waals surface area contributed by atoms with Gasteiger partial charge in [0.1, 0.15) is 0 Å². The van der Waals surface area contributed by atoms with Crippen LogP contribution >= 0.6 is 0 Å². The second kappa shape index (κ2) is 7.48. The van der Waals surface area contributed by atoms with Gasteiger partial charge in [-0.15, -0.1) is 0 Å². The maximum absolute atomic E-state index is 12.0. The lowest BCUT2D eigenvalue weighted by molar-refractivity contribution is -0.153. The normalized spacial score (nSPS) is 20.3. The molecule has 0 aromatic heterocycles. The van der Waals surface area contributed by atoms with Crippen LogP contribution in [0.2, 0.25) is 0 Å². The molecule has 0 radical (unpaired) electrons. The van der Waals surface area contributed by atoms with Crippen LogP contribution in [-0.4, -0.2) is 34.7 Å². The predicted octanol–water partition coefficient (Wildman–Crippen LogP) is 1.69. The second-order valence-electron chi connectivity index (χ2n) is 5.53. The highest BCUT2D eigenvalue weighted by Crippen LogP contribution is 2.38. The predicted molar refractivity (Wildman–Crippen MR) is 71.7 cm³/mol. The molecule has 1 aliphatic carbocycles. The van der Waals surface area contributed by atoms with Crippen molar-refractivity contribution in [3.8, 4) is 0 Å². The van der Waals surface area contributed by atoms with E-state index >= 15 is 0 Å². The zero-order valence-electron chi connectivity index (χ0n) is 11.7. The average Bonchev–Trinajstić information content (AvgIpc) is 2.62. The van der Waals surface area contributed by atoms with Crippen molar-refractivity contribution in [1.82, 2.24) is 5.32 Å². The van der Waals surface area contributed by atoms with Gasteiger partial charge in [-0.3, -0.25) is 9.59 Å². The molecular formula is C14H25NO4. The lowest BCUT2D eigenvalue weighted by atomic mass is 9.77. The van der Waals surface area contributed by atoms with Gasteiger partial charge in [-0.25, -0.2) is 0 Å². The Morgan fingerprint density at radius 2 is 1.79 bits per heavy atom. The molecule has 1 amide bonds. The van der Waals surface area contributed by atoms with Gasteiger partial charge in [0.25, 0.3) is 0 Å². The molecule has 5 nitrogen and oxygen atoms in total. The van der Waals surface area contributed by atoms with Crippen LogP contribution in [0.25, 0.3) is 0 Å². The fraction of sp³-hybridized carbons (Fsp3) is 0.857. The lowest BCUT2D eigenvalue weighted by Crippen LogP contribution is -2.42. The summed E-state index contributed by atoms with van der Waals surface area (Å²) in [5.41, 5.74) is -0.908. The Balaban J connectivity index is 2.67. The van der Waals surface area contributed by atoms with Gasteiger partial charge in [-0.2, -0.15) is 0 Å². The van der Waals surface area contributed by atoms with Crippen LogP contribution in [0, 0.1) is 5.41 Å². The Morgan fingerprint density at radius 1 is 1.21 bits per heavy atom. The molecule has 0 bridgehead atoms. The summed E-state index contributed by atoms with van der Waals surface area (Å²) in [5, 5.41) is 21.3. The third-order valence-electron chi connectivity index (χ3n) is 4.09. The third-order valence-corrected chi connectivity index (χ3v) is 4.09. The third kappa shape index (κ3) is 4.49. The Morgan fingerprint density at radius 3 is 2.21 bits per heavy atom. The molecule has 1 aliphatic rings. The number of aliphatic hydroxyl groups excluding tert-OH is 1. The summed E-state index contributed by atoms with van der Waals surface area (Å²) in [5.74, 6) is -1.12. The number of carbonyl (C=O) groups is 2. The minimum Gasteiger partial charge on any atom is -0.481 e. The van der Waals surface area contributed by atoms with E-state index < -0.39 is 11.4 Å². The van der Waals surface area contributed by atoms with E-state index in [9.17, 15) is 14.7 Å². The number of hydrogen-bond acceptors (Lipinski definition) is 3. The van der Waals surface area contributed by atoms with E-state index in [0.29, 0.717) is 19.3 Å². The highest BCUT2D eigenvalue weighted by molar-refractivity contribution is 5.85. The Bertz CT molecular complexity index is 305. The quantitative estimate of drug-likeness (QED) is 0.642. The Hall–Kier alpha value is -1.10. The molecule has 3 N–H and O–H groups in total. The van der Waals surface area contributed by atoms with Crippen molar-refractivity contribution in [2.45, 2.75) is 64.3 Å². The summed E-state index contributed by atoms with van der Waals surface area (Å²) in [6.45, 7) is 1.77. The van der Waals surface area contributed by atoms with Gasteiger partial charge < -0.3 is 15.5 Å². The maximum atomic E-state index is 12.0. The molecule has 1 rings (SSSR count). The molecule has 0 aromatic rings. The van der Waals surface area contributed by atoms with Gasteiger partial charge in [0.15, 0.2) is 0 Å². The Labute approximate surface area is 114 Å². The minimum absolute atomic E-state index is 0.0266. The number of rotatable bonds is 6. The fourth-order valence-electron chi connectivity index (χ4n) is 2.73. The van der Waals surface area contributed by atoms with Crippen molar-refractivity contribution in [3.63, 3.8) is 0 Å². The van der Waals surface area contributed by atoms with E-state index in [1.807, 2.05) is 6.92 Å². The number of amides is 1. The highest BCUT2D eigenvalue weighted by atomic mass is 16.4. The van der Waals surface area contributed by atoms with Crippen molar-refractivity contribution < 1.29 is 19.8 Å². The van der Waals surface area contributed by atoms with Crippen LogP contribution in [0.5, 0.6) is 0 Å². The number of aliphatic hydroxyl groups is 1. The number of carboxylic acid groups (broad SMARTS) is 1. The highest BCUT2D eigenvalue weighted by Gasteiger charge is 2.40. The van der Waals surface area contributed by atoms with Crippen LogP contribution in [0.3, 0.4) is 0 Å². The molecule has 1 fully saturated rings. The van der Waals surface area contributed by atoms with E-state index in [1.165, 1.54) is 0 Å². The SMILES string of the molecule is CCC(CO)NC(=O)CC1(C(=O)O)CCCCCC1. The second-order valence-corrected chi connectivity index (χ2v) is 5.53. The minimum atomic E-state index is -0.908. The lowest BCUT2D eigenvalue weighted by Gasteiger charge is -2.28. The molecule has 1 unspecified atom stereocenters. The molecule has 0 heterocycles. The smallest absolute Gasteiger partial charge is 0.310 e. The van der Waals surface area contributed by atoms with Crippen molar-refractivity contribution in [2.24, 2.45) is 5.41 Å². The van der Waals surface area contributed by atoms with E-state index in [1.54, 1.807) is 0 Å². The zero-order chi connectivity index (χ0) is 14.3. The average molecular weight is 271 g/mol. The monoisotopic (exact) mass is 271 g/mol. The zero-order valence-corrected chi connectivity index (χ0v) is 11.7. The molecular weight excluding hydrogens is 246 g/mol. The van der Waals surface area contributed by atoms with E-state index in [-0.39, 0.29) is 25.0 Å². The van der Waals surface area contributed by atoms with Crippen LogP contribution in [-0.2, 0) is 9.59 Å². The molecule has 5 heteroatoms. The fourth-order valence-corrected chi connectivity index (χ4v) is 2.73. The summed E-state index contributed by atoms with van der Waals surface area (Å²) in [6.07, 6.45) is 5.65. The molecule has 0 saturated heterocycles. The number of aliphatic carboxylic acids is 1. The van der Waals surface area contributed by atoms with E-state index in [2.05, 4.69) is 5.32 Å². The number of hydrogen-bond donors (Lipinski definition) is 3. The first-order chi connectivity index (χ1) is 9.04. The summed E-state index contributed by atoms with van der Waals surface area (Å²) < 4.78 is 0. The van der Waals surface area contributed by atoms with E-state index in [0.717, 1.165) is 25.7 Å². The molecule has 1 atom stereocenters. The summed E-state index contributed by atoms with van der Waals surface area (Å²) in [7, 11) is 0. The van der Waals surface area contributed by atoms with Gasteiger partial charge in [-0.1, -0.05) is 32.6 Å². The van der Waals surface area contributed by atoms with Gasteiger partial charge in [0.2, 0.25) is 5.91 Å². The first kappa shape index (κ1) is 16.0. The number of carboxylic acids is 1. The summed E-state index contributed by atoms with van der Waals surface area (Å²) in [4.78, 5) is 23.5. The van der Waals surface area contributed by atoms with Gasteiger partial charge in [0, 0.05) is 6.42 Å². The van der Waals surface area contributed by atoms with Crippen LogP contribution in [0.4, 0.5) is 0 Å². The van der Waals surface area contributed by atoms with Gasteiger partial charge in [0.05, 0.1) is 18.1 Å². The van der Waals surface area contributed by atoms with Gasteiger partial charge in [-0.05, 0) is 19.3 Å². The molecule has 0 spiro atoms. The number of carbonyl (C=O) groups excluding carboxylic acids is 1. The van der Waals surface area contributed by atoms with Crippen molar-refractivity contribution in [3.05, 3.63) is 0 Å².